The molecule has 0 saturated carbocycles. The number of rotatable bonds is 6. The van der Waals surface area contributed by atoms with E-state index in [0.29, 0.717) is 11.7 Å². The molecule has 0 unspecified atom stereocenters. The maximum atomic E-state index is 4.74. The van der Waals surface area contributed by atoms with Crippen LogP contribution in [-0.2, 0) is 13.0 Å². The third-order valence-corrected chi connectivity index (χ3v) is 7.59. The molecule has 0 bridgehead atoms. The Balaban J connectivity index is 1.10. The number of aryl methyl sites for hydroxylation is 3. The van der Waals surface area contributed by atoms with Crippen molar-refractivity contribution in [3.8, 4) is 11.4 Å². The Hall–Kier alpha value is -3.46. The summed E-state index contributed by atoms with van der Waals surface area (Å²) in [4.78, 5) is 28.0. The van der Waals surface area contributed by atoms with Crippen LogP contribution in [-0.4, -0.2) is 65.6 Å². The Labute approximate surface area is 211 Å². The zero-order valence-corrected chi connectivity index (χ0v) is 21.4. The number of aromatic nitrogens is 7. The van der Waals surface area contributed by atoms with Crippen LogP contribution in [0, 0.1) is 26.7 Å². The lowest BCUT2D eigenvalue weighted by Crippen LogP contribution is -2.22. The summed E-state index contributed by atoms with van der Waals surface area (Å²) >= 11 is 0. The third-order valence-electron chi connectivity index (χ3n) is 7.59. The Morgan fingerprint density at radius 2 is 1.72 bits per heavy atom. The number of hydrogen-bond donors (Lipinski definition) is 0. The van der Waals surface area contributed by atoms with Crippen LogP contribution in [0.1, 0.15) is 47.6 Å². The molecule has 1 atom stereocenters. The summed E-state index contributed by atoms with van der Waals surface area (Å²) < 4.78 is 1.88. The molecule has 186 valence electrons. The van der Waals surface area contributed by atoms with Crippen molar-refractivity contribution in [1.82, 2.24) is 39.4 Å². The summed E-state index contributed by atoms with van der Waals surface area (Å²) in [6.45, 7) is 11.4. The molecule has 6 heterocycles. The van der Waals surface area contributed by atoms with Gasteiger partial charge in [0.15, 0.2) is 0 Å². The molecule has 9 nitrogen and oxygen atoms in total. The van der Waals surface area contributed by atoms with Crippen molar-refractivity contribution in [2.24, 2.45) is 5.92 Å². The van der Waals surface area contributed by atoms with E-state index < -0.39 is 0 Å². The second kappa shape index (κ2) is 9.54. The highest BCUT2D eigenvalue weighted by atomic mass is 15.3. The van der Waals surface area contributed by atoms with E-state index in [0.717, 1.165) is 66.9 Å². The average molecular weight is 484 g/mol. The van der Waals surface area contributed by atoms with Gasteiger partial charge < -0.3 is 4.90 Å². The topological polar surface area (TPSA) is 88.2 Å². The van der Waals surface area contributed by atoms with Gasteiger partial charge in [-0.15, -0.1) is 0 Å². The molecule has 2 fully saturated rings. The molecule has 2 aliphatic rings. The van der Waals surface area contributed by atoms with E-state index in [9.17, 15) is 0 Å². The fraction of sp³-hybridized carbons (Fsp3) is 0.481. The normalized spacial score (nSPS) is 18.5. The zero-order chi connectivity index (χ0) is 24.6. The van der Waals surface area contributed by atoms with Crippen LogP contribution in [0.15, 0.2) is 30.7 Å². The molecular formula is C27H33N9. The minimum Gasteiger partial charge on any atom is -0.355 e. The van der Waals surface area contributed by atoms with Gasteiger partial charge >= 0.3 is 0 Å². The molecular weight excluding hydrogens is 450 g/mol. The maximum Gasteiger partial charge on any atom is 0.252 e. The van der Waals surface area contributed by atoms with Gasteiger partial charge in [-0.1, -0.05) is 6.07 Å². The van der Waals surface area contributed by atoms with Gasteiger partial charge in [0.2, 0.25) is 0 Å². The van der Waals surface area contributed by atoms with E-state index in [-0.39, 0.29) is 0 Å². The highest BCUT2D eigenvalue weighted by Crippen LogP contribution is 2.27. The fourth-order valence-electron chi connectivity index (χ4n) is 5.59. The predicted molar refractivity (Wildman–Crippen MR) is 139 cm³/mol. The molecule has 6 rings (SSSR count). The van der Waals surface area contributed by atoms with Crippen LogP contribution < -0.4 is 4.90 Å². The summed E-state index contributed by atoms with van der Waals surface area (Å²) in [5.41, 5.74) is 6.41. The Bertz CT molecular complexity index is 1360. The summed E-state index contributed by atoms with van der Waals surface area (Å²) in [6, 6.07) is 4.23. The molecule has 2 aliphatic heterocycles. The van der Waals surface area contributed by atoms with Gasteiger partial charge in [-0.05, 0) is 82.7 Å². The van der Waals surface area contributed by atoms with E-state index in [1.165, 1.54) is 37.1 Å². The molecule has 0 spiro atoms. The molecule has 0 amide bonds. The zero-order valence-electron chi connectivity index (χ0n) is 21.4. The van der Waals surface area contributed by atoms with Crippen molar-refractivity contribution in [2.45, 2.75) is 53.0 Å². The highest BCUT2D eigenvalue weighted by Gasteiger charge is 2.26. The van der Waals surface area contributed by atoms with Crippen LogP contribution >= 0.6 is 0 Å². The lowest BCUT2D eigenvalue weighted by Gasteiger charge is -2.18. The van der Waals surface area contributed by atoms with Gasteiger partial charge in [-0.3, -0.25) is 9.88 Å². The molecule has 2 saturated heterocycles. The summed E-state index contributed by atoms with van der Waals surface area (Å²) in [6.07, 6.45) is 10.4. The SMILES string of the molecule is Cc1nc2nc(C)c(C[C@@H]3CCN(c4cnc(-c5ccc(CN6CCCC6)cn5)cn4)C3)c(C)n2n1. The second-order valence-corrected chi connectivity index (χ2v) is 10.2. The molecule has 9 heteroatoms. The first kappa shape index (κ1) is 23.0. The van der Waals surface area contributed by atoms with Crippen molar-refractivity contribution < 1.29 is 0 Å². The minimum absolute atomic E-state index is 0.539. The van der Waals surface area contributed by atoms with Crippen molar-refractivity contribution in [3.63, 3.8) is 0 Å². The standard InChI is InChI=1S/C27H33N9/c1-18-23(19(2)36-27(31-18)32-20(3)33-36)12-21-8-11-35(17-21)26-15-29-25(14-30-26)24-7-6-22(13-28-24)16-34-9-4-5-10-34/h6-7,13-15,21H,4-5,8-12,16-17H2,1-3H3/t21-/m0/s1. The van der Waals surface area contributed by atoms with Crippen molar-refractivity contribution in [2.75, 3.05) is 31.1 Å². The quantitative estimate of drug-likeness (QED) is 0.411. The van der Waals surface area contributed by atoms with Crippen LogP contribution in [0.2, 0.25) is 0 Å². The fourth-order valence-corrected chi connectivity index (χ4v) is 5.59. The molecule has 0 aromatic carbocycles. The molecule has 0 aliphatic carbocycles. The van der Waals surface area contributed by atoms with Gasteiger partial charge in [0, 0.05) is 37.2 Å². The van der Waals surface area contributed by atoms with E-state index >= 15 is 0 Å². The van der Waals surface area contributed by atoms with Gasteiger partial charge in [0.05, 0.1) is 18.1 Å². The van der Waals surface area contributed by atoms with Crippen molar-refractivity contribution >= 4 is 11.6 Å². The average Bonchev–Trinajstić information content (AvgIpc) is 3.64. The number of likely N-dealkylation sites (tertiary alicyclic amines) is 1. The maximum absolute atomic E-state index is 4.74. The van der Waals surface area contributed by atoms with E-state index in [1.54, 1.807) is 0 Å². The second-order valence-electron chi connectivity index (χ2n) is 10.2. The van der Waals surface area contributed by atoms with Gasteiger partial charge in [0.25, 0.3) is 5.78 Å². The lowest BCUT2D eigenvalue weighted by atomic mass is 9.96. The molecule has 36 heavy (non-hydrogen) atoms. The molecule has 4 aromatic rings. The Kier molecular flexibility index (Phi) is 6.08. The highest BCUT2D eigenvalue weighted by molar-refractivity contribution is 5.54. The van der Waals surface area contributed by atoms with E-state index in [1.807, 2.05) is 30.0 Å². The van der Waals surface area contributed by atoms with Crippen LogP contribution in [0.5, 0.6) is 0 Å². The van der Waals surface area contributed by atoms with Crippen LogP contribution in [0.25, 0.3) is 17.2 Å². The van der Waals surface area contributed by atoms with Crippen molar-refractivity contribution in [3.05, 3.63) is 59.1 Å². The Morgan fingerprint density at radius 3 is 2.47 bits per heavy atom. The molecule has 0 N–H and O–H groups in total. The number of hydrogen-bond acceptors (Lipinski definition) is 8. The first-order valence-corrected chi connectivity index (χ1v) is 13.0. The van der Waals surface area contributed by atoms with E-state index in [2.05, 4.69) is 50.8 Å². The number of pyridine rings is 1. The minimum atomic E-state index is 0.539. The summed E-state index contributed by atoms with van der Waals surface area (Å²) in [7, 11) is 0. The first-order chi connectivity index (χ1) is 17.5. The van der Waals surface area contributed by atoms with Gasteiger partial charge in [0.1, 0.15) is 17.3 Å². The van der Waals surface area contributed by atoms with Gasteiger partial charge in [-0.25, -0.2) is 19.5 Å². The largest absolute Gasteiger partial charge is 0.355 e. The number of anilines is 1. The van der Waals surface area contributed by atoms with Crippen LogP contribution in [0.4, 0.5) is 5.82 Å². The third kappa shape index (κ3) is 4.55. The Morgan fingerprint density at radius 1 is 0.889 bits per heavy atom. The lowest BCUT2D eigenvalue weighted by molar-refractivity contribution is 0.331. The monoisotopic (exact) mass is 483 g/mol. The van der Waals surface area contributed by atoms with Crippen molar-refractivity contribution in [1.29, 1.82) is 0 Å². The van der Waals surface area contributed by atoms with Gasteiger partial charge in [-0.2, -0.15) is 10.1 Å². The first-order valence-electron chi connectivity index (χ1n) is 13.0. The van der Waals surface area contributed by atoms with E-state index in [4.69, 9.17) is 15.0 Å². The molecule has 0 radical (unpaired) electrons. The summed E-state index contributed by atoms with van der Waals surface area (Å²) in [5, 5.41) is 4.52. The number of fused-ring (bicyclic) bond motifs is 1. The summed E-state index contributed by atoms with van der Waals surface area (Å²) in [5.74, 6) is 2.91. The number of nitrogens with zero attached hydrogens (tertiary/aromatic N) is 9. The molecule has 4 aromatic heterocycles. The van der Waals surface area contributed by atoms with Crippen LogP contribution in [0.3, 0.4) is 0 Å². The predicted octanol–water partition coefficient (Wildman–Crippen LogP) is 3.57. The smallest absolute Gasteiger partial charge is 0.252 e.